The molecule has 1 spiro atoms. The van der Waals surface area contributed by atoms with Gasteiger partial charge in [0.15, 0.2) is 0 Å². The summed E-state index contributed by atoms with van der Waals surface area (Å²) in [4.78, 5) is 6.65. The molecule has 7 heteroatoms. The third-order valence-corrected chi connectivity index (χ3v) is 7.46. The molecule has 6 nitrogen and oxygen atoms in total. The van der Waals surface area contributed by atoms with E-state index in [0.29, 0.717) is 6.54 Å². The first-order chi connectivity index (χ1) is 11.1. The summed E-state index contributed by atoms with van der Waals surface area (Å²) >= 11 is 0. The second kappa shape index (κ2) is 6.11. The summed E-state index contributed by atoms with van der Waals surface area (Å²) in [6, 6.07) is 0. The van der Waals surface area contributed by atoms with Gasteiger partial charge < -0.3 is 4.57 Å². The van der Waals surface area contributed by atoms with Gasteiger partial charge >= 0.3 is 0 Å². The quantitative estimate of drug-likeness (QED) is 0.831. The molecule has 0 amide bonds. The van der Waals surface area contributed by atoms with Crippen LogP contribution >= 0.6 is 0 Å². The van der Waals surface area contributed by atoms with Crippen molar-refractivity contribution < 1.29 is 8.42 Å². The zero-order valence-corrected chi connectivity index (χ0v) is 16.1. The number of rotatable bonds is 3. The van der Waals surface area contributed by atoms with E-state index in [4.69, 9.17) is 0 Å². The molecule has 0 radical (unpaired) electrons. The highest BCUT2D eigenvalue weighted by molar-refractivity contribution is 7.88. The Bertz CT molecular complexity index is 687. The SMILES string of the molecule is Cn1cncc1CN1CCC2(CC1)CCC(C)(C)N(S(C)(=O)=O)C2. The highest BCUT2D eigenvalue weighted by Crippen LogP contribution is 2.45. The molecule has 136 valence electrons. The zero-order valence-electron chi connectivity index (χ0n) is 15.3. The molecule has 2 aliphatic heterocycles. The van der Waals surface area contributed by atoms with Crippen LogP contribution in [0.1, 0.15) is 45.2 Å². The Morgan fingerprint density at radius 3 is 2.38 bits per heavy atom. The van der Waals surface area contributed by atoms with Crippen molar-refractivity contribution in [1.29, 1.82) is 0 Å². The van der Waals surface area contributed by atoms with E-state index >= 15 is 0 Å². The number of aromatic nitrogens is 2. The normalized spacial score (nSPS) is 25.2. The molecular weight excluding hydrogens is 324 g/mol. The van der Waals surface area contributed by atoms with Crippen LogP contribution in [0.5, 0.6) is 0 Å². The molecule has 0 bridgehead atoms. The number of imidazole rings is 1. The first-order valence-corrected chi connectivity index (χ1v) is 10.6. The zero-order chi connectivity index (χ0) is 17.6. The number of aryl methyl sites for hydroxylation is 1. The lowest BCUT2D eigenvalue weighted by Gasteiger charge is -2.52. The fourth-order valence-electron chi connectivity index (χ4n) is 4.22. The first kappa shape index (κ1) is 17.9. The van der Waals surface area contributed by atoms with Gasteiger partial charge in [0.25, 0.3) is 0 Å². The second-order valence-electron chi connectivity index (χ2n) is 8.35. The van der Waals surface area contributed by atoms with Crippen LogP contribution in [0.25, 0.3) is 0 Å². The van der Waals surface area contributed by atoms with E-state index in [2.05, 4.69) is 28.3 Å². The number of hydrogen-bond acceptors (Lipinski definition) is 4. The smallest absolute Gasteiger partial charge is 0.211 e. The van der Waals surface area contributed by atoms with E-state index in [1.165, 1.54) is 11.9 Å². The van der Waals surface area contributed by atoms with Gasteiger partial charge in [-0.05, 0) is 58.0 Å². The third kappa shape index (κ3) is 3.53. The minimum absolute atomic E-state index is 0.154. The van der Waals surface area contributed by atoms with Crippen molar-refractivity contribution in [3.8, 4) is 0 Å². The van der Waals surface area contributed by atoms with Crippen molar-refractivity contribution in [2.45, 2.75) is 51.6 Å². The van der Waals surface area contributed by atoms with Crippen molar-refractivity contribution in [3.05, 3.63) is 18.2 Å². The predicted octanol–water partition coefficient (Wildman–Crippen LogP) is 1.84. The molecule has 0 N–H and O–H groups in total. The minimum Gasteiger partial charge on any atom is -0.337 e. The van der Waals surface area contributed by atoms with Gasteiger partial charge in [0.05, 0.1) is 18.3 Å². The van der Waals surface area contributed by atoms with Crippen LogP contribution in [-0.2, 0) is 23.6 Å². The summed E-state index contributed by atoms with van der Waals surface area (Å²) in [7, 11) is -1.13. The topological polar surface area (TPSA) is 58.4 Å². The van der Waals surface area contributed by atoms with Gasteiger partial charge in [-0.25, -0.2) is 13.4 Å². The summed E-state index contributed by atoms with van der Waals surface area (Å²) in [5.74, 6) is 0. The molecule has 0 saturated carbocycles. The summed E-state index contributed by atoms with van der Waals surface area (Å²) in [5, 5.41) is 0. The van der Waals surface area contributed by atoms with E-state index in [1.54, 1.807) is 4.31 Å². The van der Waals surface area contributed by atoms with Crippen molar-refractivity contribution in [2.24, 2.45) is 12.5 Å². The predicted molar refractivity (Wildman–Crippen MR) is 95.0 cm³/mol. The molecule has 2 aliphatic rings. The Balaban J connectivity index is 1.66. The number of sulfonamides is 1. The van der Waals surface area contributed by atoms with E-state index in [0.717, 1.165) is 45.3 Å². The fraction of sp³-hybridized carbons (Fsp3) is 0.824. The average Bonchev–Trinajstić information content (AvgIpc) is 2.89. The molecule has 1 aromatic heterocycles. The van der Waals surface area contributed by atoms with Gasteiger partial charge in [-0.1, -0.05) is 0 Å². The van der Waals surface area contributed by atoms with Crippen LogP contribution in [0.15, 0.2) is 12.5 Å². The molecule has 0 aromatic carbocycles. The molecule has 0 aliphatic carbocycles. The average molecular weight is 355 g/mol. The van der Waals surface area contributed by atoms with Crippen molar-refractivity contribution in [2.75, 3.05) is 25.9 Å². The van der Waals surface area contributed by atoms with Crippen molar-refractivity contribution in [1.82, 2.24) is 18.8 Å². The molecule has 2 saturated heterocycles. The molecule has 0 unspecified atom stereocenters. The Labute approximate surface area is 145 Å². The van der Waals surface area contributed by atoms with Crippen LogP contribution in [0, 0.1) is 5.41 Å². The van der Waals surface area contributed by atoms with E-state index in [-0.39, 0.29) is 11.0 Å². The number of likely N-dealkylation sites (tertiary alicyclic amines) is 1. The molecule has 1 aromatic rings. The molecule has 3 rings (SSSR count). The van der Waals surface area contributed by atoms with Gasteiger partial charge in [-0.15, -0.1) is 0 Å². The summed E-state index contributed by atoms with van der Waals surface area (Å²) < 4.78 is 28.3. The van der Waals surface area contributed by atoms with Crippen LogP contribution < -0.4 is 0 Å². The fourth-order valence-corrected chi connectivity index (χ4v) is 5.72. The number of piperidine rings is 2. The standard InChI is InChI=1S/C17H30N4O2S/c1-16(2)5-6-17(13-21(16)24(4,22)23)7-9-20(10-8-17)12-15-11-18-14-19(15)3/h11,14H,5-10,12-13H2,1-4H3. The Morgan fingerprint density at radius 1 is 1.17 bits per heavy atom. The Hall–Kier alpha value is -0.920. The largest absolute Gasteiger partial charge is 0.337 e. The molecule has 2 fully saturated rings. The van der Waals surface area contributed by atoms with Gasteiger partial charge in [0.1, 0.15) is 0 Å². The third-order valence-electron chi connectivity index (χ3n) is 6.04. The number of hydrogen-bond donors (Lipinski definition) is 0. The Morgan fingerprint density at radius 2 is 1.83 bits per heavy atom. The van der Waals surface area contributed by atoms with Crippen LogP contribution in [0.3, 0.4) is 0 Å². The lowest BCUT2D eigenvalue weighted by atomic mass is 9.69. The van der Waals surface area contributed by atoms with Crippen molar-refractivity contribution >= 4 is 10.0 Å². The van der Waals surface area contributed by atoms with Gasteiger partial charge in [-0.3, -0.25) is 4.90 Å². The highest BCUT2D eigenvalue weighted by Gasteiger charge is 2.47. The molecular formula is C17H30N4O2S. The van der Waals surface area contributed by atoms with Crippen LogP contribution in [-0.4, -0.2) is 58.6 Å². The highest BCUT2D eigenvalue weighted by atomic mass is 32.2. The maximum atomic E-state index is 12.2. The van der Waals surface area contributed by atoms with E-state index < -0.39 is 10.0 Å². The monoisotopic (exact) mass is 354 g/mol. The minimum atomic E-state index is -3.16. The van der Waals surface area contributed by atoms with E-state index in [9.17, 15) is 8.42 Å². The van der Waals surface area contributed by atoms with Gasteiger partial charge in [0, 0.05) is 31.9 Å². The molecule has 0 atom stereocenters. The number of nitrogens with zero attached hydrogens (tertiary/aromatic N) is 4. The first-order valence-electron chi connectivity index (χ1n) is 8.77. The molecule has 24 heavy (non-hydrogen) atoms. The summed E-state index contributed by atoms with van der Waals surface area (Å²) in [6.07, 6.45) is 9.35. The molecule has 3 heterocycles. The van der Waals surface area contributed by atoms with Gasteiger partial charge in [-0.2, -0.15) is 4.31 Å². The maximum absolute atomic E-state index is 12.2. The van der Waals surface area contributed by atoms with Crippen molar-refractivity contribution in [3.63, 3.8) is 0 Å². The lowest BCUT2D eigenvalue weighted by molar-refractivity contribution is 0.00494. The maximum Gasteiger partial charge on any atom is 0.211 e. The Kier molecular flexibility index (Phi) is 4.55. The second-order valence-corrected chi connectivity index (χ2v) is 10.3. The van der Waals surface area contributed by atoms with Crippen LogP contribution in [0.2, 0.25) is 0 Å². The lowest BCUT2D eigenvalue weighted by Crippen LogP contribution is -2.58. The van der Waals surface area contributed by atoms with E-state index in [1.807, 2.05) is 19.6 Å². The summed E-state index contributed by atoms with van der Waals surface area (Å²) in [5.41, 5.74) is 1.13. The van der Waals surface area contributed by atoms with Gasteiger partial charge in [0.2, 0.25) is 10.0 Å². The van der Waals surface area contributed by atoms with Crippen LogP contribution in [0.4, 0.5) is 0 Å². The summed E-state index contributed by atoms with van der Waals surface area (Å²) in [6.45, 7) is 7.77.